The number of rotatable bonds is 3. The Kier molecular flexibility index (Phi) is 4.47. The van der Waals surface area contributed by atoms with Gasteiger partial charge in [0.1, 0.15) is 5.76 Å². The van der Waals surface area contributed by atoms with Crippen LogP contribution in [0.25, 0.3) is 17.3 Å². The fourth-order valence-corrected chi connectivity index (χ4v) is 3.56. The number of halogens is 1. The van der Waals surface area contributed by atoms with Crippen molar-refractivity contribution in [3.05, 3.63) is 35.1 Å². The smallest absolute Gasteiger partial charge is 0.259 e. The Morgan fingerprint density at radius 2 is 1.80 bits per heavy atom. The molecule has 0 aromatic carbocycles. The van der Waals surface area contributed by atoms with E-state index in [1.807, 2.05) is 37.5 Å². The third-order valence-corrected chi connectivity index (χ3v) is 4.87. The second-order valence-electron chi connectivity index (χ2n) is 6.70. The van der Waals surface area contributed by atoms with Crippen molar-refractivity contribution in [1.82, 2.24) is 19.9 Å². The normalized spacial score (nSPS) is 16.2. The van der Waals surface area contributed by atoms with Gasteiger partial charge in [0.05, 0.1) is 11.1 Å². The van der Waals surface area contributed by atoms with Crippen LogP contribution < -0.4 is 5.73 Å². The van der Waals surface area contributed by atoms with E-state index in [1.165, 1.54) is 0 Å². The van der Waals surface area contributed by atoms with Gasteiger partial charge in [-0.25, -0.2) is 0 Å². The summed E-state index contributed by atoms with van der Waals surface area (Å²) in [5, 5.41) is 8.24. The molecule has 134 valence electrons. The lowest BCUT2D eigenvalue weighted by atomic mass is 9.99. The number of nitrogens with two attached hydrogens (primary N) is 1. The Bertz CT molecular complexity index is 889. The molecule has 3 aromatic rings. The third kappa shape index (κ3) is 2.87. The van der Waals surface area contributed by atoms with Gasteiger partial charge in [-0.15, -0.1) is 12.4 Å². The fraction of sp³-hybridized carbons (Fsp3) is 0.471. The van der Waals surface area contributed by atoms with Gasteiger partial charge in [0.2, 0.25) is 0 Å². The molecule has 1 fully saturated rings. The predicted molar refractivity (Wildman–Crippen MR) is 94.9 cm³/mol. The van der Waals surface area contributed by atoms with Crippen LogP contribution in [-0.4, -0.2) is 19.9 Å². The quantitative estimate of drug-likeness (QED) is 0.763. The monoisotopic (exact) mass is 363 g/mol. The number of nitrogens with zero attached hydrogens (tertiary/aromatic N) is 4. The van der Waals surface area contributed by atoms with E-state index in [9.17, 15) is 0 Å². The first kappa shape index (κ1) is 17.7. The molecule has 0 unspecified atom stereocenters. The fourth-order valence-electron chi connectivity index (χ4n) is 3.56. The molecule has 8 heteroatoms. The van der Waals surface area contributed by atoms with Gasteiger partial charge >= 0.3 is 0 Å². The molecule has 0 saturated heterocycles. The predicted octanol–water partition coefficient (Wildman–Crippen LogP) is 3.59. The molecule has 0 amide bonds. The van der Waals surface area contributed by atoms with Crippen LogP contribution in [0.3, 0.4) is 0 Å². The largest absolute Gasteiger partial charge is 0.360 e. The summed E-state index contributed by atoms with van der Waals surface area (Å²) in [4.78, 5) is 4.59. The average Bonchev–Trinajstić information content (AvgIpc) is 3.28. The van der Waals surface area contributed by atoms with Crippen LogP contribution in [0.1, 0.15) is 48.7 Å². The number of hydrogen-bond acceptors (Lipinski definition) is 6. The Labute approximate surface area is 152 Å². The van der Waals surface area contributed by atoms with Crippen LogP contribution in [0.5, 0.6) is 0 Å². The Hall–Kier alpha value is -2.12. The van der Waals surface area contributed by atoms with Gasteiger partial charge in [0, 0.05) is 17.5 Å². The van der Waals surface area contributed by atoms with E-state index in [4.69, 9.17) is 14.8 Å². The molecule has 0 bridgehead atoms. The Balaban J connectivity index is 0.00000182. The highest BCUT2D eigenvalue weighted by molar-refractivity contribution is 5.85. The SMILES string of the molecule is Cc1cc(-n2c(C)cc(-c3nc(C4(N)CCCC4)no3)c2C)no1.Cl. The Morgan fingerprint density at radius 3 is 2.44 bits per heavy atom. The molecule has 2 N–H and O–H groups in total. The minimum absolute atomic E-state index is 0. The van der Waals surface area contributed by atoms with Crippen LogP contribution in [-0.2, 0) is 5.54 Å². The number of hydrogen-bond donors (Lipinski definition) is 1. The summed E-state index contributed by atoms with van der Waals surface area (Å²) in [5.74, 6) is 2.63. The first-order chi connectivity index (χ1) is 11.5. The average molecular weight is 364 g/mol. The minimum atomic E-state index is -0.448. The van der Waals surface area contributed by atoms with Gasteiger partial charge in [-0.1, -0.05) is 23.2 Å². The molecule has 1 saturated carbocycles. The van der Waals surface area contributed by atoms with Crippen molar-refractivity contribution >= 4 is 12.4 Å². The molecule has 0 atom stereocenters. The second kappa shape index (κ2) is 6.31. The molecule has 0 aliphatic heterocycles. The third-order valence-electron chi connectivity index (χ3n) is 4.87. The molecular formula is C17H22ClN5O2. The summed E-state index contributed by atoms with van der Waals surface area (Å²) in [6.45, 7) is 5.89. The zero-order valence-corrected chi connectivity index (χ0v) is 15.4. The maximum Gasteiger partial charge on any atom is 0.259 e. The van der Waals surface area contributed by atoms with E-state index < -0.39 is 5.54 Å². The lowest BCUT2D eigenvalue weighted by Crippen LogP contribution is -2.34. The topological polar surface area (TPSA) is 95.9 Å². The van der Waals surface area contributed by atoms with Crippen molar-refractivity contribution in [2.75, 3.05) is 0 Å². The van der Waals surface area contributed by atoms with Gasteiger partial charge in [-0.2, -0.15) is 4.98 Å². The van der Waals surface area contributed by atoms with E-state index in [0.717, 1.165) is 54.2 Å². The van der Waals surface area contributed by atoms with Crippen LogP contribution in [0.4, 0.5) is 0 Å². The summed E-state index contributed by atoms with van der Waals surface area (Å²) >= 11 is 0. The van der Waals surface area contributed by atoms with E-state index >= 15 is 0 Å². The first-order valence-corrected chi connectivity index (χ1v) is 8.24. The Morgan fingerprint density at radius 1 is 1.08 bits per heavy atom. The van der Waals surface area contributed by atoms with E-state index in [-0.39, 0.29) is 12.4 Å². The zero-order valence-electron chi connectivity index (χ0n) is 14.6. The summed E-state index contributed by atoms with van der Waals surface area (Å²) in [7, 11) is 0. The molecule has 3 heterocycles. The van der Waals surface area contributed by atoms with E-state index in [1.54, 1.807) is 0 Å². The number of aromatic nitrogens is 4. The molecule has 0 radical (unpaired) electrons. The van der Waals surface area contributed by atoms with Gasteiger partial charge in [0.15, 0.2) is 11.6 Å². The minimum Gasteiger partial charge on any atom is -0.360 e. The van der Waals surface area contributed by atoms with Crippen molar-refractivity contribution in [3.8, 4) is 17.3 Å². The highest BCUT2D eigenvalue weighted by Crippen LogP contribution is 2.36. The molecule has 1 aliphatic carbocycles. The molecule has 7 nitrogen and oxygen atoms in total. The summed E-state index contributed by atoms with van der Waals surface area (Å²) in [6, 6.07) is 3.92. The van der Waals surface area contributed by atoms with Crippen LogP contribution in [0, 0.1) is 20.8 Å². The summed E-state index contributed by atoms with van der Waals surface area (Å²) in [6.07, 6.45) is 4.03. The van der Waals surface area contributed by atoms with Crippen LogP contribution in [0.15, 0.2) is 21.2 Å². The van der Waals surface area contributed by atoms with Crippen molar-refractivity contribution in [1.29, 1.82) is 0 Å². The summed E-state index contributed by atoms with van der Waals surface area (Å²) < 4.78 is 12.7. The first-order valence-electron chi connectivity index (χ1n) is 8.24. The van der Waals surface area contributed by atoms with E-state index in [0.29, 0.717) is 11.7 Å². The van der Waals surface area contributed by atoms with Crippen molar-refractivity contribution in [2.24, 2.45) is 5.73 Å². The molecular weight excluding hydrogens is 342 g/mol. The highest BCUT2D eigenvalue weighted by Gasteiger charge is 2.36. The van der Waals surface area contributed by atoms with Gasteiger partial charge < -0.3 is 14.8 Å². The van der Waals surface area contributed by atoms with Crippen LogP contribution >= 0.6 is 12.4 Å². The van der Waals surface area contributed by atoms with E-state index in [2.05, 4.69) is 15.3 Å². The van der Waals surface area contributed by atoms with Crippen molar-refractivity contribution in [2.45, 2.75) is 52.0 Å². The highest BCUT2D eigenvalue weighted by atomic mass is 35.5. The van der Waals surface area contributed by atoms with Crippen LogP contribution in [0.2, 0.25) is 0 Å². The lowest BCUT2D eigenvalue weighted by Gasteiger charge is -2.17. The molecule has 1 aliphatic rings. The van der Waals surface area contributed by atoms with Gasteiger partial charge in [-0.05, 0) is 39.7 Å². The maximum atomic E-state index is 6.43. The molecule has 25 heavy (non-hydrogen) atoms. The standard InChI is InChI=1S/C17H21N5O2.ClH/c1-10-8-13(12(3)22(10)14-9-11(2)23-20-14)15-19-16(21-24-15)17(18)6-4-5-7-17;/h8-9H,4-7,18H2,1-3H3;1H. The molecule has 4 rings (SSSR count). The van der Waals surface area contributed by atoms with Gasteiger partial charge in [0.25, 0.3) is 5.89 Å². The lowest BCUT2D eigenvalue weighted by molar-refractivity contribution is 0.372. The zero-order chi connectivity index (χ0) is 16.9. The van der Waals surface area contributed by atoms with Crippen molar-refractivity contribution < 1.29 is 9.05 Å². The van der Waals surface area contributed by atoms with Gasteiger partial charge in [-0.3, -0.25) is 4.57 Å². The second-order valence-corrected chi connectivity index (χ2v) is 6.70. The summed E-state index contributed by atoms with van der Waals surface area (Å²) in [5.41, 5.74) is 8.88. The molecule has 0 spiro atoms. The van der Waals surface area contributed by atoms with Crippen molar-refractivity contribution in [3.63, 3.8) is 0 Å². The number of aryl methyl sites for hydroxylation is 2. The molecule has 3 aromatic heterocycles. The maximum absolute atomic E-state index is 6.43.